The van der Waals surface area contributed by atoms with Gasteiger partial charge in [-0.3, -0.25) is 23.9 Å². The van der Waals surface area contributed by atoms with Gasteiger partial charge in [-0.25, -0.2) is 4.79 Å². The highest BCUT2D eigenvalue weighted by molar-refractivity contribution is 5.87. The topological polar surface area (TPSA) is 161 Å². The second kappa shape index (κ2) is 13.4. The van der Waals surface area contributed by atoms with E-state index in [9.17, 15) is 50.3 Å². The van der Waals surface area contributed by atoms with Gasteiger partial charge >= 0.3 is 42.1 Å². The standard InChI is InChI=1S/C26H25F6N3O10/c1-11(36)42-10-19(43-12(2)37)21(44-13(3)38)22-20(33-24(40)26(30,31)32)17(8-18(45-22)23(39)41-4)35-9-14-5-6-15(25(27,28)29)7-16(14)34-35/h5-9,17,19-22H,10H2,1-4H3,(H,33,40)/t17-,19+,20+,21+,22+/m0/s1. The van der Waals surface area contributed by atoms with Gasteiger partial charge in [0.05, 0.1) is 30.3 Å². The Hall–Kier alpha value is -4.84. The third-order valence-corrected chi connectivity index (χ3v) is 6.17. The molecule has 1 aliphatic heterocycles. The lowest BCUT2D eigenvalue weighted by Gasteiger charge is -2.41. The molecule has 246 valence electrons. The fourth-order valence-electron chi connectivity index (χ4n) is 4.36. The van der Waals surface area contributed by atoms with E-state index in [0.717, 1.165) is 57.0 Å². The van der Waals surface area contributed by atoms with Gasteiger partial charge < -0.3 is 29.0 Å². The molecule has 0 saturated carbocycles. The Balaban J connectivity index is 2.27. The summed E-state index contributed by atoms with van der Waals surface area (Å²) in [5.41, 5.74) is -1.37. The van der Waals surface area contributed by atoms with Crippen LogP contribution >= 0.6 is 0 Å². The van der Waals surface area contributed by atoms with Gasteiger partial charge in [-0.05, 0) is 18.2 Å². The number of fused-ring (bicyclic) bond motifs is 1. The van der Waals surface area contributed by atoms with E-state index in [2.05, 4.69) is 9.84 Å². The number of ether oxygens (including phenoxy) is 5. The van der Waals surface area contributed by atoms with Crippen LogP contribution < -0.4 is 5.32 Å². The Kier molecular flexibility index (Phi) is 10.3. The largest absolute Gasteiger partial charge is 0.477 e. The van der Waals surface area contributed by atoms with Gasteiger partial charge in [0, 0.05) is 32.4 Å². The molecule has 19 heteroatoms. The molecule has 0 spiro atoms. The molecule has 1 aromatic heterocycles. The molecule has 0 fully saturated rings. The van der Waals surface area contributed by atoms with Crippen molar-refractivity contribution in [2.75, 3.05) is 13.7 Å². The van der Waals surface area contributed by atoms with Crippen LogP contribution in [-0.4, -0.2) is 83.8 Å². The van der Waals surface area contributed by atoms with Gasteiger partial charge in [-0.1, -0.05) is 6.07 Å². The third-order valence-electron chi connectivity index (χ3n) is 6.17. The summed E-state index contributed by atoms with van der Waals surface area (Å²) < 4.78 is 107. The predicted octanol–water partition coefficient (Wildman–Crippen LogP) is 2.53. The van der Waals surface area contributed by atoms with Crippen molar-refractivity contribution in [2.24, 2.45) is 0 Å². The van der Waals surface area contributed by atoms with Crippen LogP contribution in [0.4, 0.5) is 26.3 Å². The lowest BCUT2D eigenvalue weighted by Crippen LogP contribution is -2.61. The second-order valence-corrected chi connectivity index (χ2v) is 9.50. The molecule has 3 rings (SSSR count). The first kappa shape index (κ1) is 34.6. The minimum atomic E-state index is -5.50. The Labute approximate surface area is 249 Å². The zero-order valence-corrected chi connectivity index (χ0v) is 23.7. The Morgan fingerprint density at radius 3 is 2.18 bits per heavy atom. The normalized spacial score (nSPS) is 19.8. The molecule has 5 atom stereocenters. The quantitative estimate of drug-likeness (QED) is 0.241. The molecular weight excluding hydrogens is 628 g/mol. The fraction of sp³-hybridized carbons (Fsp3) is 0.462. The first-order valence-corrected chi connectivity index (χ1v) is 12.7. The molecule has 2 heterocycles. The first-order chi connectivity index (χ1) is 20.8. The minimum absolute atomic E-state index is 0.0733. The van der Waals surface area contributed by atoms with Crippen LogP contribution in [0, 0.1) is 0 Å². The molecule has 1 aliphatic rings. The number of nitrogens with one attached hydrogen (secondary N) is 1. The van der Waals surface area contributed by atoms with Crippen molar-refractivity contribution in [3.63, 3.8) is 0 Å². The summed E-state index contributed by atoms with van der Waals surface area (Å²) in [6.45, 7) is 1.91. The third kappa shape index (κ3) is 8.63. The fourth-order valence-corrected chi connectivity index (χ4v) is 4.36. The highest BCUT2D eigenvalue weighted by Crippen LogP contribution is 2.35. The number of rotatable bonds is 9. The summed E-state index contributed by atoms with van der Waals surface area (Å²) in [5, 5.41) is 5.78. The maximum absolute atomic E-state index is 13.5. The van der Waals surface area contributed by atoms with E-state index in [1.165, 1.54) is 0 Å². The molecule has 1 N–H and O–H groups in total. The Morgan fingerprint density at radius 2 is 1.64 bits per heavy atom. The molecular formula is C26H25F6N3O10. The maximum atomic E-state index is 13.5. The number of hydrogen-bond acceptors (Lipinski definition) is 11. The Morgan fingerprint density at radius 1 is 1.00 bits per heavy atom. The number of alkyl halides is 6. The van der Waals surface area contributed by atoms with Crippen molar-refractivity contribution in [3.05, 3.63) is 41.8 Å². The summed E-state index contributed by atoms with van der Waals surface area (Å²) in [6.07, 6.45) is -14.1. The molecule has 0 bridgehead atoms. The van der Waals surface area contributed by atoms with Crippen LogP contribution in [0.1, 0.15) is 32.4 Å². The van der Waals surface area contributed by atoms with E-state index in [4.69, 9.17) is 18.9 Å². The minimum Gasteiger partial charge on any atom is -0.477 e. The van der Waals surface area contributed by atoms with E-state index in [1.807, 2.05) is 0 Å². The molecule has 13 nitrogen and oxygen atoms in total. The van der Waals surface area contributed by atoms with Crippen LogP contribution in [0.2, 0.25) is 0 Å². The van der Waals surface area contributed by atoms with E-state index in [-0.39, 0.29) is 10.9 Å². The summed E-state index contributed by atoms with van der Waals surface area (Å²) in [7, 11) is 0.918. The highest BCUT2D eigenvalue weighted by atomic mass is 19.4. The molecule has 0 saturated heterocycles. The van der Waals surface area contributed by atoms with E-state index >= 15 is 0 Å². The lowest BCUT2D eigenvalue weighted by molar-refractivity contribution is -0.191. The van der Waals surface area contributed by atoms with Crippen LogP contribution in [0.15, 0.2) is 36.2 Å². The van der Waals surface area contributed by atoms with Crippen molar-refractivity contribution in [2.45, 2.75) is 63.5 Å². The van der Waals surface area contributed by atoms with Crippen molar-refractivity contribution >= 4 is 40.7 Å². The van der Waals surface area contributed by atoms with Crippen LogP contribution in [-0.2, 0) is 53.8 Å². The average Bonchev–Trinajstić information content (AvgIpc) is 3.35. The highest BCUT2D eigenvalue weighted by Gasteiger charge is 2.51. The zero-order chi connectivity index (χ0) is 33.9. The van der Waals surface area contributed by atoms with E-state index in [0.29, 0.717) is 6.07 Å². The molecule has 0 radical (unpaired) electrons. The monoisotopic (exact) mass is 653 g/mol. The summed E-state index contributed by atoms with van der Waals surface area (Å²) in [5.74, 6) is -7.52. The van der Waals surface area contributed by atoms with Gasteiger partial charge in [0.25, 0.3) is 0 Å². The number of carbonyl (C=O) groups is 5. The van der Waals surface area contributed by atoms with Crippen molar-refractivity contribution in [1.82, 2.24) is 15.1 Å². The van der Waals surface area contributed by atoms with Crippen LogP contribution in [0.25, 0.3) is 10.9 Å². The number of halogens is 6. The Bertz CT molecular complexity index is 1500. The number of esters is 4. The van der Waals surface area contributed by atoms with Gasteiger partial charge in [0.1, 0.15) is 6.61 Å². The number of methoxy groups -OCH3 is 1. The van der Waals surface area contributed by atoms with Crippen LogP contribution in [0.3, 0.4) is 0 Å². The van der Waals surface area contributed by atoms with Crippen LogP contribution in [0.5, 0.6) is 0 Å². The average molecular weight is 653 g/mol. The van der Waals surface area contributed by atoms with Crippen molar-refractivity contribution in [1.29, 1.82) is 0 Å². The smallest absolute Gasteiger partial charge is 0.471 e. The molecule has 2 aromatic rings. The molecule has 1 aromatic carbocycles. The summed E-state index contributed by atoms with van der Waals surface area (Å²) in [4.78, 5) is 60.5. The molecule has 45 heavy (non-hydrogen) atoms. The number of hydrogen-bond donors (Lipinski definition) is 1. The predicted molar refractivity (Wildman–Crippen MR) is 134 cm³/mol. The first-order valence-electron chi connectivity index (χ1n) is 12.7. The summed E-state index contributed by atoms with van der Waals surface area (Å²) >= 11 is 0. The van der Waals surface area contributed by atoms with E-state index < -0.39 is 90.5 Å². The number of amides is 1. The SMILES string of the molecule is COC(=O)C1=C[C@H](n2cc3ccc(C(F)(F)F)cc3n2)[C@@H](NC(=O)C(F)(F)F)[C@H]([C@H](OC(C)=O)[C@@H](COC(C)=O)OC(C)=O)O1. The number of benzene rings is 1. The number of carbonyl (C=O) groups excluding carboxylic acids is 5. The molecule has 1 amide bonds. The maximum Gasteiger partial charge on any atom is 0.471 e. The molecule has 0 aliphatic carbocycles. The lowest BCUT2D eigenvalue weighted by atomic mass is 9.91. The van der Waals surface area contributed by atoms with Gasteiger partial charge in [-0.2, -0.15) is 31.4 Å². The van der Waals surface area contributed by atoms with Gasteiger partial charge in [0.15, 0.2) is 18.3 Å². The van der Waals surface area contributed by atoms with Crippen molar-refractivity contribution < 1.29 is 74.0 Å². The van der Waals surface area contributed by atoms with Gasteiger partial charge in [-0.15, -0.1) is 0 Å². The number of nitrogens with zero attached hydrogens (tertiary/aromatic N) is 2. The second-order valence-electron chi connectivity index (χ2n) is 9.50. The zero-order valence-electron chi connectivity index (χ0n) is 23.7. The van der Waals surface area contributed by atoms with Gasteiger partial charge in [0.2, 0.25) is 5.76 Å². The summed E-state index contributed by atoms with van der Waals surface area (Å²) in [6, 6.07) is -1.24. The molecule has 0 unspecified atom stereocenters. The van der Waals surface area contributed by atoms with Crippen molar-refractivity contribution in [3.8, 4) is 0 Å². The van der Waals surface area contributed by atoms with E-state index in [1.54, 1.807) is 5.32 Å². The number of aromatic nitrogens is 2.